The average molecular weight is 234 g/mol. The number of hydrogen-bond donors (Lipinski definition) is 2. The number of hydrogen-bond acceptors (Lipinski definition) is 1. The Kier molecular flexibility index (Phi) is 5.01. The van der Waals surface area contributed by atoms with Crippen LogP contribution in [0, 0.1) is 19.8 Å². The van der Waals surface area contributed by atoms with E-state index in [1.165, 1.54) is 11.1 Å². The van der Waals surface area contributed by atoms with Crippen LogP contribution in [-0.2, 0) is 0 Å². The van der Waals surface area contributed by atoms with E-state index < -0.39 is 0 Å². The SMILES string of the molecule is Cc1ccc(NC(=O)NCCC(C)C)cc1C. The summed E-state index contributed by atoms with van der Waals surface area (Å²) in [5, 5.41) is 5.68. The van der Waals surface area contributed by atoms with Crippen LogP contribution in [0.3, 0.4) is 0 Å². The van der Waals surface area contributed by atoms with Crippen LogP contribution in [-0.4, -0.2) is 12.6 Å². The number of urea groups is 1. The number of amides is 2. The van der Waals surface area contributed by atoms with Gasteiger partial charge in [0.05, 0.1) is 0 Å². The van der Waals surface area contributed by atoms with E-state index in [0.717, 1.165) is 12.1 Å². The number of rotatable bonds is 4. The number of anilines is 1. The highest BCUT2D eigenvalue weighted by molar-refractivity contribution is 5.89. The number of carbonyl (C=O) groups is 1. The van der Waals surface area contributed by atoms with Gasteiger partial charge < -0.3 is 10.6 Å². The van der Waals surface area contributed by atoms with Crippen molar-refractivity contribution in [3.8, 4) is 0 Å². The minimum absolute atomic E-state index is 0.131. The van der Waals surface area contributed by atoms with Gasteiger partial charge in [0.25, 0.3) is 0 Å². The second-order valence-corrected chi connectivity index (χ2v) is 4.86. The summed E-state index contributed by atoms with van der Waals surface area (Å²) in [6.45, 7) is 9.10. The van der Waals surface area contributed by atoms with Crippen LogP contribution in [0.4, 0.5) is 10.5 Å². The lowest BCUT2D eigenvalue weighted by Gasteiger charge is -2.10. The Bertz CT molecular complexity index is 386. The number of aryl methyl sites for hydroxylation is 2. The zero-order chi connectivity index (χ0) is 12.8. The van der Waals surface area contributed by atoms with Crippen LogP contribution in [0.5, 0.6) is 0 Å². The average Bonchev–Trinajstić information content (AvgIpc) is 2.23. The molecule has 0 saturated carbocycles. The number of carbonyl (C=O) groups excluding carboxylic acids is 1. The Hall–Kier alpha value is -1.51. The van der Waals surface area contributed by atoms with Crippen LogP contribution in [0.25, 0.3) is 0 Å². The molecule has 0 aromatic heterocycles. The predicted octanol–water partition coefficient (Wildman–Crippen LogP) is 3.47. The Morgan fingerprint density at radius 1 is 1.24 bits per heavy atom. The second-order valence-electron chi connectivity index (χ2n) is 4.86. The number of nitrogens with one attached hydrogen (secondary N) is 2. The summed E-state index contributed by atoms with van der Waals surface area (Å²) in [7, 11) is 0. The summed E-state index contributed by atoms with van der Waals surface area (Å²) in [5.41, 5.74) is 3.26. The summed E-state index contributed by atoms with van der Waals surface area (Å²) in [5.74, 6) is 0.608. The van der Waals surface area contributed by atoms with Crippen molar-refractivity contribution in [1.29, 1.82) is 0 Å². The van der Waals surface area contributed by atoms with Crippen molar-refractivity contribution in [2.75, 3.05) is 11.9 Å². The minimum atomic E-state index is -0.131. The lowest BCUT2D eigenvalue weighted by atomic mass is 10.1. The highest BCUT2D eigenvalue weighted by atomic mass is 16.2. The molecule has 0 bridgehead atoms. The summed E-state index contributed by atoms with van der Waals surface area (Å²) in [6, 6.07) is 5.79. The van der Waals surface area contributed by atoms with Crippen LogP contribution >= 0.6 is 0 Å². The largest absolute Gasteiger partial charge is 0.338 e. The zero-order valence-electron chi connectivity index (χ0n) is 11.1. The Balaban J connectivity index is 2.42. The second kappa shape index (κ2) is 6.28. The minimum Gasteiger partial charge on any atom is -0.338 e. The lowest BCUT2D eigenvalue weighted by Crippen LogP contribution is -2.30. The highest BCUT2D eigenvalue weighted by Crippen LogP contribution is 2.13. The molecule has 0 aliphatic carbocycles. The molecular formula is C14H22N2O. The molecule has 0 radical (unpaired) electrons. The van der Waals surface area contributed by atoms with Gasteiger partial charge in [-0.25, -0.2) is 4.79 Å². The van der Waals surface area contributed by atoms with Gasteiger partial charge in [0.2, 0.25) is 0 Å². The van der Waals surface area contributed by atoms with E-state index in [-0.39, 0.29) is 6.03 Å². The molecule has 1 aromatic carbocycles. The van der Waals surface area contributed by atoms with Crippen LogP contribution < -0.4 is 10.6 Å². The van der Waals surface area contributed by atoms with Crippen molar-refractivity contribution in [3.05, 3.63) is 29.3 Å². The first-order chi connectivity index (χ1) is 7.99. The molecule has 2 N–H and O–H groups in total. The van der Waals surface area contributed by atoms with Crippen molar-refractivity contribution < 1.29 is 4.79 Å². The molecule has 0 aliphatic rings. The van der Waals surface area contributed by atoms with Gasteiger partial charge in [0.1, 0.15) is 0 Å². The summed E-state index contributed by atoms with van der Waals surface area (Å²) in [6.07, 6.45) is 1.00. The molecule has 0 aliphatic heterocycles. The van der Waals surface area contributed by atoms with Gasteiger partial charge in [-0.2, -0.15) is 0 Å². The fraction of sp³-hybridized carbons (Fsp3) is 0.500. The normalized spacial score (nSPS) is 10.4. The molecule has 1 rings (SSSR count). The molecular weight excluding hydrogens is 212 g/mol. The van der Waals surface area contributed by atoms with Crippen molar-refractivity contribution in [2.45, 2.75) is 34.1 Å². The predicted molar refractivity (Wildman–Crippen MR) is 72.4 cm³/mol. The highest BCUT2D eigenvalue weighted by Gasteiger charge is 2.02. The van der Waals surface area contributed by atoms with Crippen molar-refractivity contribution in [2.24, 2.45) is 5.92 Å². The van der Waals surface area contributed by atoms with Gasteiger partial charge >= 0.3 is 6.03 Å². The zero-order valence-corrected chi connectivity index (χ0v) is 11.1. The molecule has 2 amide bonds. The summed E-state index contributed by atoms with van der Waals surface area (Å²) < 4.78 is 0. The molecule has 0 fully saturated rings. The van der Waals surface area contributed by atoms with Gasteiger partial charge in [0.15, 0.2) is 0 Å². The molecule has 17 heavy (non-hydrogen) atoms. The fourth-order valence-electron chi connectivity index (χ4n) is 1.47. The van der Waals surface area contributed by atoms with E-state index in [0.29, 0.717) is 12.5 Å². The topological polar surface area (TPSA) is 41.1 Å². The third-order valence-electron chi connectivity index (χ3n) is 2.77. The van der Waals surface area contributed by atoms with Crippen molar-refractivity contribution in [1.82, 2.24) is 5.32 Å². The molecule has 0 atom stereocenters. The quantitative estimate of drug-likeness (QED) is 0.823. The Morgan fingerprint density at radius 2 is 1.94 bits per heavy atom. The summed E-state index contributed by atoms with van der Waals surface area (Å²) >= 11 is 0. The first-order valence-electron chi connectivity index (χ1n) is 6.11. The molecule has 0 unspecified atom stereocenters. The molecule has 0 saturated heterocycles. The maximum atomic E-state index is 11.6. The van der Waals surface area contributed by atoms with Crippen LogP contribution in [0.2, 0.25) is 0 Å². The van der Waals surface area contributed by atoms with Gasteiger partial charge in [-0.15, -0.1) is 0 Å². The lowest BCUT2D eigenvalue weighted by molar-refractivity contribution is 0.251. The Morgan fingerprint density at radius 3 is 2.53 bits per heavy atom. The maximum absolute atomic E-state index is 11.6. The van der Waals surface area contributed by atoms with Gasteiger partial charge in [-0.05, 0) is 49.4 Å². The summed E-state index contributed by atoms with van der Waals surface area (Å²) in [4.78, 5) is 11.6. The molecule has 0 heterocycles. The van der Waals surface area contributed by atoms with E-state index in [9.17, 15) is 4.79 Å². The van der Waals surface area contributed by atoms with Crippen molar-refractivity contribution >= 4 is 11.7 Å². The number of benzene rings is 1. The first-order valence-corrected chi connectivity index (χ1v) is 6.11. The van der Waals surface area contributed by atoms with Gasteiger partial charge in [0, 0.05) is 12.2 Å². The van der Waals surface area contributed by atoms with Crippen molar-refractivity contribution in [3.63, 3.8) is 0 Å². The third-order valence-corrected chi connectivity index (χ3v) is 2.77. The standard InChI is InChI=1S/C14H22N2O/c1-10(2)7-8-15-14(17)16-13-6-5-11(3)12(4)9-13/h5-6,9-10H,7-8H2,1-4H3,(H2,15,16,17). The van der Waals surface area contributed by atoms with E-state index in [4.69, 9.17) is 0 Å². The Labute approximate surface area is 104 Å². The molecule has 3 heteroatoms. The van der Waals surface area contributed by atoms with Crippen LogP contribution in [0.1, 0.15) is 31.4 Å². The van der Waals surface area contributed by atoms with E-state index in [1.54, 1.807) is 0 Å². The third kappa shape index (κ3) is 4.89. The van der Waals surface area contributed by atoms with Gasteiger partial charge in [-0.3, -0.25) is 0 Å². The monoisotopic (exact) mass is 234 g/mol. The molecule has 3 nitrogen and oxygen atoms in total. The van der Waals surface area contributed by atoms with E-state index in [2.05, 4.69) is 31.4 Å². The first kappa shape index (κ1) is 13.6. The fourth-order valence-corrected chi connectivity index (χ4v) is 1.47. The molecule has 0 spiro atoms. The van der Waals surface area contributed by atoms with E-state index >= 15 is 0 Å². The van der Waals surface area contributed by atoms with Gasteiger partial charge in [-0.1, -0.05) is 19.9 Å². The molecule has 1 aromatic rings. The molecule has 94 valence electrons. The smallest absolute Gasteiger partial charge is 0.319 e. The van der Waals surface area contributed by atoms with E-state index in [1.807, 2.05) is 25.1 Å². The van der Waals surface area contributed by atoms with Crippen LogP contribution in [0.15, 0.2) is 18.2 Å². The maximum Gasteiger partial charge on any atom is 0.319 e.